The fraction of sp³-hybridized carbons (Fsp3) is 0.571. The SMILES string of the molecule is COc1ccc(S(=O)(=O)NC2CCNCC2C)cc1C. The number of ether oxygens (including phenoxy) is 1. The average molecular weight is 298 g/mol. The Bertz CT molecular complexity index is 572. The number of nitrogens with one attached hydrogen (secondary N) is 2. The van der Waals surface area contributed by atoms with Crippen LogP contribution in [0.4, 0.5) is 0 Å². The van der Waals surface area contributed by atoms with E-state index < -0.39 is 10.0 Å². The molecule has 0 amide bonds. The van der Waals surface area contributed by atoms with Gasteiger partial charge in [-0.1, -0.05) is 6.92 Å². The summed E-state index contributed by atoms with van der Waals surface area (Å²) in [7, 11) is -1.90. The number of benzene rings is 1. The molecule has 0 spiro atoms. The zero-order valence-corrected chi connectivity index (χ0v) is 13.0. The number of methoxy groups -OCH3 is 1. The minimum atomic E-state index is -3.47. The Labute approximate surface area is 120 Å². The normalized spacial score (nSPS) is 23.6. The maximum absolute atomic E-state index is 12.4. The van der Waals surface area contributed by atoms with Crippen LogP contribution in [0.15, 0.2) is 23.1 Å². The van der Waals surface area contributed by atoms with Gasteiger partial charge in [0.1, 0.15) is 5.75 Å². The van der Waals surface area contributed by atoms with Gasteiger partial charge in [0, 0.05) is 6.04 Å². The van der Waals surface area contributed by atoms with Crippen molar-refractivity contribution in [1.29, 1.82) is 0 Å². The van der Waals surface area contributed by atoms with E-state index in [-0.39, 0.29) is 12.0 Å². The average Bonchev–Trinajstić information content (AvgIpc) is 2.41. The van der Waals surface area contributed by atoms with Crippen LogP contribution in [0.2, 0.25) is 0 Å². The Morgan fingerprint density at radius 1 is 1.40 bits per heavy atom. The number of hydrogen-bond donors (Lipinski definition) is 2. The first-order valence-corrected chi connectivity index (χ1v) is 8.30. The van der Waals surface area contributed by atoms with Gasteiger partial charge in [0.05, 0.1) is 12.0 Å². The van der Waals surface area contributed by atoms with E-state index >= 15 is 0 Å². The van der Waals surface area contributed by atoms with E-state index in [2.05, 4.69) is 17.0 Å². The first-order valence-electron chi connectivity index (χ1n) is 6.81. The van der Waals surface area contributed by atoms with Gasteiger partial charge in [-0.05, 0) is 56.1 Å². The van der Waals surface area contributed by atoms with Crippen LogP contribution >= 0.6 is 0 Å². The van der Waals surface area contributed by atoms with Crippen LogP contribution in [0.3, 0.4) is 0 Å². The van der Waals surface area contributed by atoms with Crippen molar-refractivity contribution in [2.24, 2.45) is 5.92 Å². The van der Waals surface area contributed by atoms with Gasteiger partial charge in [-0.3, -0.25) is 0 Å². The van der Waals surface area contributed by atoms with Gasteiger partial charge in [0.15, 0.2) is 0 Å². The summed E-state index contributed by atoms with van der Waals surface area (Å²) in [4.78, 5) is 0.293. The van der Waals surface area contributed by atoms with Gasteiger partial charge in [-0.2, -0.15) is 0 Å². The Morgan fingerprint density at radius 3 is 2.75 bits per heavy atom. The maximum atomic E-state index is 12.4. The molecule has 1 aliphatic heterocycles. The lowest BCUT2D eigenvalue weighted by atomic mass is 9.97. The maximum Gasteiger partial charge on any atom is 0.240 e. The third-order valence-electron chi connectivity index (χ3n) is 3.77. The van der Waals surface area contributed by atoms with Gasteiger partial charge in [-0.25, -0.2) is 13.1 Å². The van der Waals surface area contributed by atoms with E-state index in [4.69, 9.17) is 4.74 Å². The van der Waals surface area contributed by atoms with E-state index in [1.807, 2.05) is 6.92 Å². The van der Waals surface area contributed by atoms with Crippen LogP contribution < -0.4 is 14.8 Å². The summed E-state index contributed by atoms with van der Waals surface area (Å²) >= 11 is 0. The van der Waals surface area contributed by atoms with Gasteiger partial charge >= 0.3 is 0 Å². The van der Waals surface area contributed by atoms with Crippen molar-refractivity contribution >= 4 is 10.0 Å². The lowest BCUT2D eigenvalue weighted by Crippen LogP contribution is -2.48. The lowest BCUT2D eigenvalue weighted by Gasteiger charge is -2.30. The molecule has 1 heterocycles. The second-order valence-electron chi connectivity index (χ2n) is 5.33. The monoisotopic (exact) mass is 298 g/mol. The van der Waals surface area contributed by atoms with E-state index in [9.17, 15) is 8.42 Å². The van der Waals surface area contributed by atoms with Crippen molar-refractivity contribution in [3.8, 4) is 5.75 Å². The molecule has 0 saturated carbocycles. The number of hydrogen-bond acceptors (Lipinski definition) is 4. The van der Waals surface area contributed by atoms with Crippen LogP contribution in [0.25, 0.3) is 0 Å². The largest absolute Gasteiger partial charge is 0.496 e. The summed E-state index contributed by atoms with van der Waals surface area (Å²) < 4.78 is 32.8. The highest BCUT2D eigenvalue weighted by Gasteiger charge is 2.26. The standard InChI is InChI=1S/C14H22N2O3S/c1-10-8-12(4-5-14(10)19-3)20(17,18)16-13-6-7-15-9-11(13)2/h4-5,8,11,13,15-16H,6-7,9H2,1-3H3. The third kappa shape index (κ3) is 3.31. The predicted octanol–water partition coefficient (Wildman–Crippen LogP) is 1.28. The molecule has 1 aliphatic rings. The van der Waals surface area contributed by atoms with Gasteiger partial charge in [0.2, 0.25) is 10.0 Å². The van der Waals surface area contributed by atoms with Crippen molar-refractivity contribution in [3.63, 3.8) is 0 Å². The van der Waals surface area contributed by atoms with E-state index in [0.717, 1.165) is 25.1 Å². The summed E-state index contributed by atoms with van der Waals surface area (Å²) in [5.74, 6) is 0.983. The Morgan fingerprint density at radius 2 is 2.15 bits per heavy atom. The van der Waals surface area contributed by atoms with Crippen LogP contribution in [0.1, 0.15) is 18.9 Å². The van der Waals surface area contributed by atoms with Crippen LogP contribution in [0.5, 0.6) is 5.75 Å². The number of sulfonamides is 1. The minimum absolute atomic E-state index is 0.0105. The summed E-state index contributed by atoms with van der Waals surface area (Å²) in [6.07, 6.45) is 0.815. The molecule has 1 aromatic rings. The van der Waals surface area contributed by atoms with Crippen LogP contribution in [-0.2, 0) is 10.0 Å². The Kier molecular flexibility index (Phi) is 4.67. The first kappa shape index (κ1) is 15.3. The van der Waals surface area contributed by atoms with Crippen molar-refractivity contribution in [2.75, 3.05) is 20.2 Å². The van der Waals surface area contributed by atoms with Crippen molar-refractivity contribution in [1.82, 2.24) is 10.0 Å². The lowest BCUT2D eigenvalue weighted by molar-refractivity contribution is 0.328. The molecular weight excluding hydrogens is 276 g/mol. The molecule has 1 saturated heterocycles. The second kappa shape index (κ2) is 6.11. The zero-order valence-electron chi connectivity index (χ0n) is 12.1. The molecular formula is C14H22N2O3S. The predicted molar refractivity (Wildman–Crippen MR) is 78.5 cm³/mol. The molecule has 2 unspecified atom stereocenters. The molecule has 112 valence electrons. The fourth-order valence-electron chi connectivity index (χ4n) is 2.47. The molecule has 6 heteroatoms. The summed E-state index contributed by atoms with van der Waals surface area (Å²) in [6, 6.07) is 4.91. The van der Waals surface area contributed by atoms with Crippen molar-refractivity contribution in [3.05, 3.63) is 23.8 Å². The highest BCUT2D eigenvalue weighted by molar-refractivity contribution is 7.89. The highest BCUT2D eigenvalue weighted by atomic mass is 32.2. The van der Waals surface area contributed by atoms with Crippen molar-refractivity contribution < 1.29 is 13.2 Å². The quantitative estimate of drug-likeness (QED) is 0.879. The molecule has 20 heavy (non-hydrogen) atoms. The third-order valence-corrected chi connectivity index (χ3v) is 5.26. The fourth-order valence-corrected chi connectivity index (χ4v) is 3.94. The van der Waals surface area contributed by atoms with Gasteiger partial charge in [0.25, 0.3) is 0 Å². The Balaban J connectivity index is 2.19. The zero-order chi connectivity index (χ0) is 14.8. The molecule has 0 radical (unpaired) electrons. The number of rotatable bonds is 4. The highest BCUT2D eigenvalue weighted by Crippen LogP contribution is 2.22. The molecule has 2 rings (SSSR count). The van der Waals surface area contributed by atoms with Crippen molar-refractivity contribution in [2.45, 2.75) is 31.2 Å². The van der Waals surface area contributed by atoms with E-state index in [0.29, 0.717) is 10.6 Å². The minimum Gasteiger partial charge on any atom is -0.496 e. The molecule has 1 aromatic carbocycles. The topological polar surface area (TPSA) is 67.4 Å². The molecule has 2 atom stereocenters. The molecule has 5 nitrogen and oxygen atoms in total. The second-order valence-corrected chi connectivity index (χ2v) is 7.04. The van der Waals surface area contributed by atoms with Crippen LogP contribution in [0, 0.1) is 12.8 Å². The van der Waals surface area contributed by atoms with Crippen LogP contribution in [-0.4, -0.2) is 34.7 Å². The van der Waals surface area contributed by atoms with E-state index in [1.165, 1.54) is 0 Å². The Hall–Kier alpha value is -1.11. The van der Waals surface area contributed by atoms with Gasteiger partial charge in [-0.15, -0.1) is 0 Å². The molecule has 1 fully saturated rings. The van der Waals surface area contributed by atoms with E-state index in [1.54, 1.807) is 25.3 Å². The molecule has 0 aliphatic carbocycles. The molecule has 2 N–H and O–H groups in total. The summed E-state index contributed by atoms with van der Waals surface area (Å²) in [5, 5.41) is 3.26. The smallest absolute Gasteiger partial charge is 0.240 e. The number of piperidine rings is 1. The molecule has 0 aromatic heterocycles. The molecule has 0 bridgehead atoms. The summed E-state index contributed by atoms with van der Waals surface area (Å²) in [6.45, 7) is 5.58. The summed E-state index contributed by atoms with van der Waals surface area (Å²) in [5.41, 5.74) is 0.814. The number of aryl methyl sites for hydroxylation is 1. The van der Waals surface area contributed by atoms with Gasteiger partial charge < -0.3 is 10.1 Å². The first-order chi connectivity index (χ1) is 9.44.